The van der Waals surface area contributed by atoms with Crippen LogP contribution in [0.2, 0.25) is 0 Å². The van der Waals surface area contributed by atoms with Gasteiger partial charge in [-0.15, -0.1) is 0 Å². The maximum atomic E-state index is 13.7. The Bertz CT molecular complexity index is 1100. The first-order valence-corrected chi connectivity index (χ1v) is 13.7. The molecule has 0 aliphatic carbocycles. The van der Waals surface area contributed by atoms with Crippen LogP contribution in [0.4, 0.5) is 0 Å². The number of imide groups is 1. The Morgan fingerprint density at radius 2 is 1.76 bits per heavy atom. The lowest BCUT2D eigenvalue weighted by Gasteiger charge is -2.35. The number of rotatable bonds is 11. The third-order valence-corrected chi connectivity index (χ3v) is 6.76. The number of carbonyl (C=O) groups is 3. The van der Waals surface area contributed by atoms with E-state index >= 15 is 0 Å². The van der Waals surface area contributed by atoms with Gasteiger partial charge in [0, 0.05) is 24.9 Å². The van der Waals surface area contributed by atoms with Crippen molar-refractivity contribution in [3.63, 3.8) is 0 Å². The molecule has 208 valence electrons. The van der Waals surface area contributed by atoms with Crippen molar-refractivity contribution in [2.45, 2.75) is 72.1 Å². The lowest BCUT2D eigenvalue weighted by Crippen LogP contribution is -2.60. The zero-order valence-corrected chi connectivity index (χ0v) is 23.4. The molecule has 2 aromatic rings. The summed E-state index contributed by atoms with van der Waals surface area (Å²) in [5, 5.41) is 21.7. The molecular formula is C30H44N4O4. The van der Waals surface area contributed by atoms with Gasteiger partial charge < -0.3 is 21.1 Å². The molecule has 0 radical (unpaired) electrons. The molecule has 1 heterocycles. The van der Waals surface area contributed by atoms with Gasteiger partial charge in [-0.2, -0.15) is 0 Å². The number of nitrogens with zero attached hydrogens (tertiary/aromatic N) is 1. The molecule has 1 aliphatic rings. The van der Waals surface area contributed by atoms with E-state index in [1.807, 2.05) is 42.5 Å². The van der Waals surface area contributed by atoms with Gasteiger partial charge in [-0.25, -0.2) is 0 Å². The summed E-state index contributed by atoms with van der Waals surface area (Å²) in [5.74, 6) is -0.779. The third-order valence-electron chi connectivity index (χ3n) is 6.76. The van der Waals surface area contributed by atoms with Crippen molar-refractivity contribution in [1.29, 1.82) is 0 Å². The number of hydrogen-bond donors (Lipinski definition) is 4. The SMILES string of the molecule is CC(C)CNC[C@@H](O)CNC(=O)[C@@H](Cc1ccc2ccccc2c1)N(C(=O)[C@@H]1CCCN1)C(=O)C(C)(C)C. The number of hydrogen-bond acceptors (Lipinski definition) is 6. The van der Waals surface area contributed by atoms with E-state index in [0.29, 0.717) is 25.4 Å². The number of carbonyl (C=O) groups excluding carboxylic acids is 3. The molecule has 1 saturated heterocycles. The molecule has 0 spiro atoms. The molecule has 3 amide bonds. The maximum absolute atomic E-state index is 13.7. The fourth-order valence-electron chi connectivity index (χ4n) is 4.66. The topological polar surface area (TPSA) is 111 Å². The molecular weight excluding hydrogens is 480 g/mol. The highest BCUT2D eigenvalue weighted by Crippen LogP contribution is 2.25. The van der Waals surface area contributed by atoms with Gasteiger partial charge in [-0.05, 0) is 48.2 Å². The molecule has 1 fully saturated rings. The van der Waals surface area contributed by atoms with Crippen molar-refractivity contribution in [3.8, 4) is 0 Å². The number of amides is 3. The van der Waals surface area contributed by atoms with E-state index in [9.17, 15) is 19.5 Å². The fraction of sp³-hybridized carbons (Fsp3) is 0.567. The highest BCUT2D eigenvalue weighted by molar-refractivity contribution is 6.04. The van der Waals surface area contributed by atoms with Crippen LogP contribution in [0.25, 0.3) is 10.8 Å². The predicted octanol–water partition coefficient (Wildman–Crippen LogP) is 2.63. The van der Waals surface area contributed by atoms with E-state index in [0.717, 1.165) is 29.3 Å². The van der Waals surface area contributed by atoms with Gasteiger partial charge in [0.1, 0.15) is 6.04 Å². The lowest BCUT2D eigenvalue weighted by atomic mass is 9.91. The quantitative estimate of drug-likeness (QED) is 0.360. The number of aliphatic hydroxyl groups is 1. The van der Waals surface area contributed by atoms with Crippen molar-refractivity contribution in [2.75, 3.05) is 26.2 Å². The monoisotopic (exact) mass is 524 g/mol. The van der Waals surface area contributed by atoms with E-state index in [4.69, 9.17) is 0 Å². The van der Waals surface area contributed by atoms with E-state index in [-0.39, 0.29) is 18.9 Å². The molecule has 0 unspecified atom stereocenters. The Kier molecular flexibility index (Phi) is 10.4. The normalized spacial score (nSPS) is 17.4. The Hall–Kier alpha value is -2.81. The minimum absolute atomic E-state index is 0.0194. The van der Waals surface area contributed by atoms with E-state index in [2.05, 4.69) is 29.8 Å². The summed E-state index contributed by atoms with van der Waals surface area (Å²) >= 11 is 0. The smallest absolute Gasteiger partial charge is 0.247 e. The fourth-order valence-corrected chi connectivity index (χ4v) is 4.66. The Morgan fingerprint density at radius 3 is 2.39 bits per heavy atom. The third kappa shape index (κ3) is 8.09. The highest BCUT2D eigenvalue weighted by Gasteiger charge is 2.42. The molecule has 4 N–H and O–H groups in total. The lowest BCUT2D eigenvalue weighted by molar-refractivity contribution is -0.157. The Labute approximate surface area is 226 Å². The number of benzene rings is 2. The molecule has 8 heteroatoms. The van der Waals surface area contributed by atoms with Crippen LogP contribution in [0.1, 0.15) is 53.0 Å². The van der Waals surface area contributed by atoms with Crippen molar-refractivity contribution >= 4 is 28.5 Å². The molecule has 2 aromatic carbocycles. The van der Waals surface area contributed by atoms with Gasteiger partial charge >= 0.3 is 0 Å². The van der Waals surface area contributed by atoms with Gasteiger partial charge in [0.25, 0.3) is 0 Å². The van der Waals surface area contributed by atoms with Gasteiger partial charge in [-0.1, -0.05) is 77.1 Å². The zero-order valence-electron chi connectivity index (χ0n) is 23.4. The second-order valence-electron chi connectivity index (χ2n) is 11.8. The van der Waals surface area contributed by atoms with Gasteiger partial charge in [-0.3, -0.25) is 19.3 Å². The molecule has 38 heavy (non-hydrogen) atoms. The van der Waals surface area contributed by atoms with Crippen LogP contribution in [0, 0.1) is 11.3 Å². The number of nitrogens with one attached hydrogen (secondary N) is 3. The first-order chi connectivity index (χ1) is 18.0. The van der Waals surface area contributed by atoms with Gasteiger partial charge in [0.2, 0.25) is 17.7 Å². The average Bonchev–Trinajstić information content (AvgIpc) is 3.41. The minimum Gasteiger partial charge on any atom is -0.390 e. The van der Waals surface area contributed by atoms with Crippen molar-refractivity contribution in [3.05, 3.63) is 48.0 Å². The number of aliphatic hydroxyl groups excluding tert-OH is 1. The van der Waals surface area contributed by atoms with Crippen LogP contribution in [0.3, 0.4) is 0 Å². The summed E-state index contributed by atoms with van der Waals surface area (Å²) in [6, 6.07) is 12.3. The molecule has 0 saturated carbocycles. The van der Waals surface area contributed by atoms with Crippen molar-refractivity contribution in [1.82, 2.24) is 20.9 Å². The Morgan fingerprint density at radius 1 is 1.05 bits per heavy atom. The van der Waals surface area contributed by atoms with Crippen molar-refractivity contribution in [2.24, 2.45) is 11.3 Å². The molecule has 0 bridgehead atoms. The van der Waals surface area contributed by atoms with Gasteiger partial charge in [0.05, 0.1) is 12.1 Å². The zero-order chi connectivity index (χ0) is 27.9. The summed E-state index contributed by atoms with van der Waals surface area (Å²) in [7, 11) is 0. The largest absolute Gasteiger partial charge is 0.390 e. The van der Waals surface area contributed by atoms with Crippen LogP contribution >= 0.6 is 0 Å². The standard InChI is InChI=1S/C30H44N4O4/c1-20(2)17-31-18-24(35)19-33-27(36)26(16-21-12-13-22-9-6-7-10-23(22)15-21)34(29(38)30(3,4)5)28(37)25-11-8-14-32-25/h6-7,9-10,12-13,15,20,24-26,31-32,35H,8,11,14,16-19H2,1-5H3,(H,33,36)/t24-,25+,26-/m1/s1. The van der Waals surface area contributed by atoms with Gasteiger partial charge in [0.15, 0.2) is 0 Å². The molecule has 3 atom stereocenters. The Balaban J connectivity index is 1.90. The second-order valence-corrected chi connectivity index (χ2v) is 11.8. The summed E-state index contributed by atoms with van der Waals surface area (Å²) in [5.41, 5.74) is -0.0157. The molecule has 8 nitrogen and oxygen atoms in total. The molecule has 3 rings (SSSR count). The van der Waals surface area contributed by atoms with E-state index in [1.54, 1.807) is 20.8 Å². The van der Waals surface area contributed by atoms with Crippen LogP contribution < -0.4 is 16.0 Å². The molecule has 1 aliphatic heterocycles. The summed E-state index contributed by atoms with van der Waals surface area (Å²) in [6.07, 6.45) is 0.846. The second kappa shape index (κ2) is 13.3. The van der Waals surface area contributed by atoms with E-state index < -0.39 is 35.4 Å². The maximum Gasteiger partial charge on any atom is 0.247 e. The predicted molar refractivity (Wildman–Crippen MR) is 150 cm³/mol. The summed E-state index contributed by atoms with van der Waals surface area (Å²) in [4.78, 5) is 42.3. The average molecular weight is 525 g/mol. The van der Waals surface area contributed by atoms with Crippen LogP contribution in [0.15, 0.2) is 42.5 Å². The van der Waals surface area contributed by atoms with Crippen LogP contribution in [0.5, 0.6) is 0 Å². The summed E-state index contributed by atoms with van der Waals surface area (Å²) < 4.78 is 0. The highest BCUT2D eigenvalue weighted by atomic mass is 16.3. The summed E-state index contributed by atoms with van der Waals surface area (Å²) in [6.45, 7) is 11.2. The van der Waals surface area contributed by atoms with Crippen LogP contribution in [-0.2, 0) is 20.8 Å². The van der Waals surface area contributed by atoms with Crippen LogP contribution in [-0.4, -0.2) is 72.1 Å². The first kappa shape index (κ1) is 29.7. The first-order valence-electron chi connectivity index (χ1n) is 13.7. The molecule has 0 aromatic heterocycles. The van der Waals surface area contributed by atoms with E-state index in [1.165, 1.54) is 4.90 Å². The van der Waals surface area contributed by atoms with Crippen molar-refractivity contribution < 1.29 is 19.5 Å². The minimum atomic E-state index is -1.05. The number of fused-ring (bicyclic) bond motifs is 1.